The van der Waals surface area contributed by atoms with Crippen LogP contribution in [0.4, 0.5) is 0 Å². The van der Waals surface area contributed by atoms with Crippen LogP contribution in [0.5, 0.6) is 0 Å². The van der Waals surface area contributed by atoms with Crippen LogP contribution in [0.1, 0.15) is 21.4 Å². The van der Waals surface area contributed by atoms with E-state index in [1.807, 2.05) is 42.5 Å². The minimum absolute atomic E-state index is 0.255. The Morgan fingerprint density at radius 2 is 1.89 bits per heavy atom. The van der Waals surface area contributed by atoms with E-state index >= 15 is 0 Å². The summed E-state index contributed by atoms with van der Waals surface area (Å²) >= 11 is 1.40. The molecule has 2 rings (SSSR count). The molecule has 0 unspecified atom stereocenters. The molecule has 0 aliphatic carbocycles. The number of aliphatic hydroxyl groups is 1. The predicted molar refractivity (Wildman–Crippen MR) is 76.5 cm³/mol. The fraction of sp³-hybridized carbons (Fsp3) is 0.231. The van der Waals surface area contributed by atoms with Crippen LogP contribution in [0, 0.1) is 0 Å². The number of benzene rings is 1. The van der Waals surface area contributed by atoms with Crippen LogP contribution < -0.4 is 4.72 Å². The first-order valence-corrected chi connectivity index (χ1v) is 8.43. The third-order valence-electron chi connectivity index (χ3n) is 2.58. The van der Waals surface area contributed by atoms with Gasteiger partial charge in [-0.05, 0) is 17.7 Å². The average molecular weight is 297 g/mol. The smallest absolute Gasteiger partial charge is 0.209 e. The standard InChI is InChI=1S/C13H15NO3S2/c1-19(16,17)14-9-11-7-8-12(18-11)13(15)10-5-3-2-4-6-10/h2-8,13-15H,9H2,1H3/t13-/m0/s1. The van der Waals surface area contributed by atoms with Gasteiger partial charge in [-0.3, -0.25) is 0 Å². The van der Waals surface area contributed by atoms with E-state index in [1.54, 1.807) is 0 Å². The van der Waals surface area contributed by atoms with Crippen molar-refractivity contribution in [1.29, 1.82) is 0 Å². The zero-order chi connectivity index (χ0) is 13.9. The molecule has 0 amide bonds. The lowest BCUT2D eigenvalue weighted by Crippen LogP contribution is -2.20. The topological polar surface area (TPSA) is 66.4 Å². The molecule has 0 saturated carbocycles. The Morgan fingerprint density at radius 3 is 2.53 bits per heavy atom. The van der Waals surface area contributed by atoms with Gasteiger partial charge in [-0.1, -0.05) is 30.3 Å². The quantitative estimate of drug-likeness (QED) is 0.885. The summed E-state index contributed by atoms with van der Waals surface area (Å²) in [5.41, 5.74) is 0.826. The van der Waals surface area contributed by atoms with Crippen LogP contribution in [-0.4, -0.2) is 19.8 Å². The first-order chi connectivity index (χ1) is 8.96. The van der Waals surface area contributed by atoms with Crippen molar-refractivity contribution >= 4 is 21.4 Å². The normalized spacial score (nSPS) is 13.4. The van der Waals surface area contributed by atoms with Gasteiger partial charge in [0.15, 0.2) is 0 Å². The minimum Gasteiger partial charge on any atom is -0.383 e. The second-order valence-electron chi connectivity index (χ2n) is 4.21. The molecule has 1 atom stereocenters. The van der Waals surface area contributed by atoms with Gasteiger partial charge in [0.25, 0.3) is 0 Å². The maximum Gasteiger partial charge on any atom is 0.209 e. The maximum atomic E-state index is 11.0. The Bertz CT molecular complexity index is 635. The first kappa shape index (κ1) is 14.2. The number of hydrogen-bond acceptors (Lipinski definition) is 4. The molecule has 0 radical (unpaired) electrons. The summed E-state index contributed by atoms with van der Waals surface area (Å²) in [6.45, 7) is 0.255. The molecule has 0 spiro atoms. The highest BCUT2D eigenvalue weighted by molar-refractivity contribution is 7.88. The van der Waals surface area contributed by atoms with E-state index in [1.165, 1.54) is 11.3 Å². The Balaban J connectivity index is 2.09. The summed E-state index contributed by atoms with van der Waals surface area (Å²) in [4.78, 5) is 1.67. The highest BCUT2D eigenvalue weighted by Crippen LogP contribution is 2.28. The van der Waals surface area contributed by atoms with Crippen molar-refractivity contribution in [1.82, 2.24) is 4.72 Å². The summed E-state index contributed by atoms with van der Waals surface area (Å²) in [7, 11) is -3.19. The van der Waals surface area contributed by atoms with Gasteiger partial charge in [-0.15, -0.1) is 11.3 Å². The maximum absolute atomic E-state index is 11.0. The Kier molecular flexibility index (Phi) is 4.36. The van der Waals surface area contributed by atoms with E-state index in [4.69, 9.17) is 0 Å². The van der Waals surface area contributed by atoms with E-state index in [0.29, 0.717) is 0 Å². The van der Waals surface area contributed by atoms with Crippen molar-refractivity contribution in [3.8, 4) is 0 Å². The number of rotatable bonds is 5. The van der Waals surface area contributed by atoms with Crippen LogP contribution in [-0.2, 0) is 16.6 Å². The Labute approximate surface area is 116 Å². The van der Waals surface area contributed by atoms with Crippen molar-refractivity contribution in [2.75, 3.05) is 6.26 Å². The molecule has 0 aliphatic rings. The van der Waals surface area contributed by atoms with Gasteiger partial charge in [0.2, 0.25) is 10.0 Å². The van der Waals surface area contributed by atoms with Crippen molar-refractivity contribution in [2.24, 2.45) is 0 Å². The number of hydrogen-bond donors (Lipinski definition) is 2. The molecular weight excluding hydrogens is 282 g/mol. The lowest BCUT2D eigenvalue weighted by molar-refractivity contribution is 0.224. The van der Waals surface area contributed by atoms with Crippen LogP contribution in [0.15, 0.2) is 42.5 Å². The molecule has 0 saturated heterocycles. The molecule has 6 heteroatoms. The molecule has 102 valence electrons. The van der Waals surface area contributed by atoms with E-state index in [0.717, 1.165) is 21.6 Å². The molecular formula is C13H15NO3S2. The highest BCUT2D eigenvalue weighted by Gasteiger charge is 2.13. The third kappa shape index (κ3) is 4.14. The van der Waals surface area contributed by atoms with Crippen LogP contribution in [0.25, 0.3) is 0 Å². The number of sulfonamides is 1. The lowest BCUT2D eigenvalue weighted by atomic mass is 10.1. The molecule has 1 heterocycles. The SMILES string of the molecule is CS(=O)(=O)NCc1ccc([C@@H](O)c2ccccc2)s1. The monoisotopic (exact) mass is 297 g/mol. The van der Waals surface area contributed by atoms with Crippen LogP contribution in [0.3, 0.4) is 0 Å². The van der Waals surface area contributed by atoms with Crippen LogP contribution in [0.2, 0.25) is 0 Å². The molecule has 0 bridgehead atoms. The Morgan fingerprint density at radius 1 is 1.21 bits per heavy atom. The van der Waals surface area contributed by atoms with Gasteiger partial charge in [0.05, 0.1) is 6.26 Å². The number of thiophene rings is 1. The molecule has 0 fully saturated rings. The molecule has 4 nitrogen and oxygen atoms in total. The van der Waals surface area contributed by atoms with Gasteiger partial charge >= 0.3 is 0 Å². The number of aliphatic hydroxyl groups excluding tert-OH is 1. The summed E-state index contributed by atoms with van der Waals surface area (Å²) in [6, 6.07) is 13.0. The molecule has 2 aromatic rings. The van der Waals surface area contributed by atoms with Crippen molar-refractivity contribution < 1.29 is 13.5 Å². The van der Waals surface area contributed by atoms with Crippen molar-refractivity contribution in [2.45, 2.75) is 12.6 Å². The summed E-state index contributed by atoms with van der Waals surface area (Å²) in [6.07, 6.45) is 0.457. The Hall–Kier alpha value is -1.21. The summed E-state index contributed by atoms with van der Waals surface area (Å²) < 4.78 is 24.5. The van der Waals surface area contributed by atoms with E-state index in [-0.39, 0.29) is 6.54 Å². The largest absolute Gasteiger partial charge is 0.383 e. The second-order valence-corrected chi connectivity index (χ2v) is 7.24. The fourth-order valence-electron chi connectivity index (χ4n) is 1.64. The second kappa shape index (κ2) is 5.83. The number of nitrogens with one attached hydrogen (secondary N) is 1. The summed E-state index contributed by atoms with van der Waals surface area (Å²) in [5.74, 6) is 0. The van der Waals surface area contributed by atoms with Crippen molar-refractivity contribution in [3.63, 3.8) is 0 Å². The van der Waals surface area contributed by atoms with Crippen LogP contribution >= 0.6 is 11.3 Å². The molecule has 0 aliphatic heterocycles. The molecule has 1 aromatic heterocycles. The van der Waals surface area contributed by atoms with Gasteiger partial charge in [0, 0.05) is 16.3 Å². The minimum atomic E-state index is -3.19. The lowest BCUT2D eigenvalue weighted by Gasteiger charge is -2.08. The molecule has 1 aromatic carbocycles. The van der Waals surface area contributed by atoms with Crippen molar-refractivity contribution in [3.05, 3.63) is 57.8 Å². The fourth-order valence-corrected chi connectivity index (χ4v) is 3.11. The average Bonchev–Trinajstić information content (AvgIpc) is 2.84. The van der Waals surface area contributed by atoms with E-state index < -0.39 is 16.1 Å². The zero-order valence-corrected chi connectivity index (χ0v) is 12.0. The predicted octanol–water partition coefficient (Wildman–Crippen LogP) is 1.88. The van der Waals surface area contributed by atoms with Gasteiger partial charge < -0.3 is 5.11 Å². The van der Waals surface area contributed by atoms with Gasteiger partial charge in [-0.25, -0.2) is 13.1 Å². The third-order valence-corrected chi connectivity index (χ3v) is 4.38. The first-order valence-electron chi connectivity index (χ1n) is 5.72. The highest BCUT2D eigenvalue weighted by atomic mass is 32.2. The molecule has 19 heavy (non-hydrogen) atoms. The van der Waals surface area contributed by atoms with E-state index in [9.17, 15) is 13.5 Å². The molecule has 2 N–H and O–H groups in total. The van der Waals surface area contributed by atoms with Gasteiger partial charge in [-0.2, -0.15) is 0 Å². The summed E-state index contributed by atoms with van der Waals surface area (Å²) in [5, 5.41) is 10.2. The zero-order valence-electron chi connectivity index (χ0n) is 10.4. The van der Waals surface area contributed by atoms with E-state index in [2.05, 4.69) is 4.72 Å². The van der Waals surface area contributed by atoms with Gasteiger partial charge in [0.1, 0.15) is 6.10 Å².